The first-order valence-electron chi connectivity index (χ1n) is 5.98. The molecule has 0 aliphatic heterocycles. The first-order chi connectivity index (χ1) is 8.17. The highest BCUT2D eigenvalue weighted by atomic mass is 16.4. The molecule has 0 saturated heterocycles. The van der Waals surface area contributed by atoms with Gasteiger partial charge in [0.25, 0.3) is 6.01 Å². The Labute approximate surface area is 101 Å². The summed E-state index contributed by atoms with van der Waals surface area (Å²) < 4.78 is 5.52. The van der Waals surface area contributed by atoms with Gasteiger partial charge in [-0.25, -0.2) is 0 Å². The molecular formula is C13H18N2O2. The van der Waals surface area contributed by atoms with Crippen LogP contribution in [0.5, 0.6) is 0 Å². The van der Waals surface area contributed by atoms with Crippen molar-refractivity contribution in [3.8, 4) is 0 Å². The first kappa shape index (κ1) is 11.9. The average molecular weight is 234 g/mol. The molecule has 0 spiro atoms. The Bertz CT molecular complexity index is 456. The van der Waals surface area contributed by atoms with Crippen LogP contribution in [0.15, 0.2) is 28.7 Å². The number of aromatic nitrogens is 1. The number of benzene rings is 1. The minimum absolute atomic E-state index is 0.451. The summed E-state index contributed by atoms with van der Waals surface area (Å²) in [5.74, 6) is 0. The zero-order valence-electron chi connectivity index (χ0n) is 10.2. The summed E-state index contributed by atoms with van der Waals surface area (Å²) in [5.41, 5.74) is 0.888. The predicted molar refractivity (Wildman–Crippen MR) is 68.0 cm³/mol. The minimum atomic E-state index is -0.694. The van der Waals surface area contributed by atoms with Crippen LogP contribution in [-0.4, -0.2) is 22.2 Å². The van der Waals surface area contributed by atoms with E-state index < -0.39 is 5.60 Å². The van der Waals surface area contributed by atoms with Crippen molar-refractivity contribution in [3.63, 3.8) is 0 Å². The van der Waals surface area contributed by atoms with Crippen LogP contribution >= 0.6 is 0 Å². The smallest absolute Gasteiger partial charge is 0.295 e. The van der Waals surface area contributed by atoms with Crippen molar-refractivity contribution in [2.45, 2.75) is 32.3 Å². The standard InChI is InChI=1S/C13H18N2O2/c1-3-13(16,4-2)9-14-12-15-10-7-5-6-8-11(10)17-12/h5-8,16H,3-4,9H2,1-2H3,(H,14,15). The van der Waals surface area contributed by atoms with Gasteiger partial charge >= 0.3 is 0 Å². The Morgan fingerprint density at radius 2 is 2.00 bits per heavy atom. The number of nitrogens with one attached hydrogen (secondary N) is 1. The van der Waals surface area contributed by atoms with Gasteiger partial charge in [-0.3, -0.25) is 0 Å². The molecule has 0 bridgehead atoms. The molecule has 2 aromatic rings. The molecule has 1 aromatic carbocycles. The van der Waals surface area contributed by atoms with E-state index in [0.29, 0.717) is 25.4 Å². The van der Waals surface area contributed by atoms with Crippen molar-refractivity contribution in [1.82, 2.24) is 4.98 Å². The second kappa shape index (κ2) is 4.75. The van der Waals surface area contributed by atoms with E-state index in [1.807, 2.05) is 38.1 Å². The summed E-state index contributed by atoms with van der Waals surface area (Å²) >= 11 is 0. The molecule has 4 heteroatoms. The molecule has 0 aliphatic carbocycles. The molecule has 1 aromatic heterocycles. The van der Waals surface area contributed by atoms with Crippen LogP contribution in [0, 0.1) is 0 Å². The maximum Gasteiger partial charge on any atom is 0.295 e. The molecule has 0 radical (unpaired) electrons. The summed E-state index contributed by atoms with van der Waals surface area (Å²) in [7, 11) is 0. The fourth-order valence-electron chi connectivity index (χ4n) is 1.69. The van der Waals surface area contributed by atoms with Gasteiger partial charge in [0.2, 0.25) is 0 Å². The van der Waals surface area contributed by atoms with Crippen LogP contribution < -0.4 is 5.32 Å². The number of hydrogen-bond donors (Lipinski definition) is 2. The number of oxazole rings is 1. The summed E-state index contributed by atoms with van der Waals surface area (Å²) in [6, 6.07) is 8.07. The molecule has 1 heterocycles. The number of nitrogens with zero attached hydrogens (tertiary/aromatic N) is 1. The van der Waals surface area contributed by atoms with Gasteiger partial charge in [0.1, 0.15) is 5.52 Å². The minimum Gasteiger partial charge on any atom is -0.424 e. The van der Waals surface area contributed by atoms with Crippen LogP contribution in [-0.2, 0) is 0 Å². The van der Waals surface area contributed by atoms with E-state index in [1.165, 1.54) is 0 Å². The molecule has 92 valence electrons. The third-order valence-corrected chi connectivity index (χ3v) is 3.18. The Kier molecular flexibility index (Phi) is 3.33. The van der Waals surface area contributed by atoms with Crippen LogP contribution in [0.25, 0.3) is 11.1 Å². The fraction of sp³-hybridized carbons (Fsp3) is 0.462. The van der Waals surface area contributed by atoms with E-state index in [9.17, 15) is 5.11 Å². The van der Waals surface area contributed by atoms with Crippen molar-refractivity contribution >= 4 is 17.1 Å². The van der Waals surface area contributed by atoms with Gasteiger partial charge in [-0.05, 0) is 25.0 Å². The third kappa shape index (κ3) is 2.58. The van der Waals surface area contributed by atoms with Gasteiger partial charge in [-0.1, -0.05) is 26.0 Å². The van der Waals surface area contributed by atoms with Gasteiger partial charge in [-0.2, -0.15) is 4.98 Å². The fourth-order valence-corrected chi connectivity index (χ4v) is 1.69. The molecule has 4 nitrogen and oxygen atoms in total. The van der Waals surface area contributed by atoms with Gasteiger partial charge in [0, 0.05) is 6.54 Å². The van der Waals surface area contributed by atoms with Crippen LogP contribution in [0.3, 0.4) is 0 Å². The van der Waals surface area contributed by atoms with Gasteiger partial charge in [-0.15, -0.1) is 0 Å². The number of rotatable bonds is 5. The molecule has 0 saturated carbocycles. The van der Waals surface area contributed by atoms with Crippen LogP contribution in [0.1, 0.15) is 26.7 Å². The first-order valence-corrected chi connectivity index (χ1v) is 5.98. The highest BCUT2D eigenvalue weighted by molar-refractivity contribution is 5.74. The van der Waals surface area contributed by atoms with Crippen molar-refractivity contribution in [2.75, 3.05) is 11.9 Å². The summed E-state index contributed by atoms with van der Waals surface area (Å²) in [4.78, 5) is 4.30. The van der Waals surface area contributed by atoms with Crippen LogP contribution in [0.2, 0.25) is 0 Å². The largest absolute Gasteiger partial charge is 0.424 e. The van der Waals surface area contributed by atoms with Crippen molar-refractivity contribution < 1.29 is 9.52 Å². The number of anilines is 1. The van der Waals surface area contributed by atoms with E-state index in [4.69, 9.17) is 4.42 Å². The Morgan fingerprint density at radius 3 is 2.65 bits per heavy atom. The summed E-state index contributed by atoms with van der Waals surface area (Å²) in [6.07, 6.45) is 1.41. The van der Waals surface area contributed by atoms with Gasteiger partial charge in [0.15, 0.2) is 5.58 Å². The van der Waals surface area contributed by atoms with Crippen molar-refractivity contribution in [1.29, 1.82) is 0 Å². The Morgan fingerprint density at radius 1 is 1.29 bits per heavy atom. The quantitative estimate of drug-likeness (QED) is 0.835. The van der Waals surface area contributed by atoms with Gasteiger partial charge in [0.05, 0.1) is 5.60 Å². The number of para-hydroxylation sites is 2. The number of aliphatic hydroxyl groups is 1. The van der Waals surface area contributed by atoms with E-state index in [0.717, 1.165) is 11.1 Å². The lowest BCUT2D eigenvalue weighted by molar-refractivity contribution is 0.0452. The maximum atomic E-state index is 10.1. The van der Waals surface area contributed by atoms with E-state index in [2.05, 4.69) is 10.3 Å². The molecule has 0 aliphatic rings. The molecular weight excluding hydrogens is 216 g/mol. The monoisotopic (exact) mass is 234 g/mol. The maximum absolute atomic E-state index is 10.1. The molecule has 2 rings (SSSR count). The number of hydrogen-bond acceptors (Lipinski definition) is 4. The van der Waals surface area contributed by atoms with E-state index >= 15 is 0 Å². The average Bonchev–Trinajstić information content (AvgIpc) is 2.79. The molecule has 0 atom stereocenters. The third-order valence-electron chi connectivity index (χ3n) is 3.18. The van der Waals surface area contributed by atoms with Gasteiger partial charge < -0.3 is 14.8 Å². The van der Waals surface area contributed by atoms with Crippen LogP contribution in [0.4, 0.5) is 6.01 Å². The molecule has 0 fully saturated rings. The van der Waals surface area contributed by atoms with E-state index in [1.54, 1.807) is 0 Å². The highest BCUT2D eigenvalue weighted by Gasteiger charge is 2.22. The zero-order chi connectivity index (χ0) is 12.3. The van der Waals surface area contributed by atoms with Crippen molar-refractivity contribution in [2.24, 2.45) is 0 Å². The van der Waals surface area contributed by atoms with Crippen molar-refractivity contribution in [3.05, 3.63) is 24.3 Å². The SMILES string of the molecule is CCC(O)(CC)CNc1nc2ccccc2o1. The lowest BCUT2D eigenvalue weighted by atomic mass is 9.98. The molecule has 17 heavy (non-hydrogen) atoms. The lowest BCUT2D eigenvalue weighted by Crippen LogP contribution is -2.35. The highest BCUT2D eigenvalue weighted by Crippen LogP contribution is 2.20. The normalized spacial score (nSPS) is 11.9. The zero-order valence-corrected chi connectivity index (χ0v) is 10.2. The predicted octanol–water partition coefficient (Wildman–Crippen LogP) is 2.79. The number of fused-ring (bicyclic) bond motifs is 1. The second-order valence-electron chi connectivity index (χ2n) is 4.27. The molecule has 0 amide bonds. The molecule has 0 unspecified atom stereocenters. The summed E-state index contributed by atoms with van der Waals surface area (Å²) in [5, 5.41) is 13.2. The second-order valence-corrected chi connectivity index (χ2v) is 4.27. The van der Waals surface area contributed by atoms with E-state index in [-0.39, 0.29) is 0 Å². The Balaban J connectivity index is 2.09. The summed E-state index contributed by atoms with van der Waals surface area (Å²) in [6.45, 7) is 4.39. The Hall–Kier alpha value is -1.55. The lowest BCUT2D eigenvalue weighted by Gasteiger charge is -2.24. The molecule has 2 N–H and O–H groups in total. The topological polar surface area (TPSA) is 58.3 Å².